The smallest absolute Gasteiger partial charge is 0.173 e. The van der Waals surface area contributed by atoms with Gasteiger partial charge in [-0.1, -0.05) is 18.2 Å². The van der Waals surface area contributed by atoms with Gasteiger partial charge in [0.05, 0.1) is 0 Å². The van der Waals surface area contributed by atoms with Gasteiger partial charge in [0, 0.05) is 19.3 Å². The molecular formula is C12H16N2S. The Morgan fingerprint density at radius 1 is 1.33 bits per heavy atom. The van der Waals surface area contributed by atoms with Gasteiger partial charge in [0.1, 0.15) is 0 Å². The average Bonchev–Trinajstić information content (AvgIpc) is 2.50. The van der Waals surface area contributed by atoms with Crippen LogP contribution in [-0.2, 0) is 6.42 Å². The second-order valence-corrected chi connectivity index (χ2v) is 4.18. The first-order valence-corrected chi connectivity index (χ1v) is 5.81. The molecule has 1 aliphatic heterocycles. The highest BCUT2D eigenvalue weighted by atomic mass is 32.1. The molecule has 1 aromatic rings. The Bertz CT molecular complexity index is 362. The van der Waals surface area contributed by atoms with Gasteiger partial charge in [0.2, 0.25) is 0 Å². The van der Waals surface area contributed by atoms with Gasteiger partial charge in [-0.3, -0.25) is 0 Å². The summed E-state index contributed by atoms with van der Waals surface area (Å²) in [6.45, 7) is 1.02. The molecule has 0 spiro atoms. The lowest BCUT2D eigenvalue weighted by Crippen LogP contribution is -2.38. The molecule has 2 nitrogen and oxygen atoms in total. The maximum absolute atomic E-state index is 5.33. The van der Waals surface area contributed by atoms with E-state index in [9.17, 15) is 0 Å². The molecule has 0 unspecified atom stereocenters. The van der Waals surface area contributed by atoms with Crippen molar-refractivity contribution in [2.45, 2.75) is 19.3 Å². The minimum atomic E-state index is 0.823. The first-order valence-electron chi connectivity index (χ1n) is 5.40. The summed E-state index contributed by atoms with van der Waals surface area (Å²) in [6, 6.07) is 8.54. The van der Waals surface area contributed by atoms with Crippen LogP contribution in [-0.4, -0.2) is 18.7 Å². The van der Waals surface area contributed by atoms with E-state index in [1.165, 1.54) is 30.5 Å². The van der Waals surface area contributed by atoms with Crippen molar-refractivity contribution >= 4 is 23.0 Å². The molecule has 0 aromatic heterocycles. The lowest BCUT2D eigenvalue weighted by molar-refractivity contribution is 0.764. The predicted octanol–water partition coefficient (Wildman–Crippen LogP) is 2.33. The summed E-state index contributed by atoms with van der Waals surface area (Å²) >= 11 is 5.33. The van der Waals surface area contributed by atoms with E-state index in [2.05, 4.69) is 34.5 Å². The van der Waals surface area contributed by atoms with Crippen molar-refractivity contribution in [3.63, 3.8) is 0 Å². The lowest BCUT2D eigenvalue weighted by atomic mass is 10.1. The van der Waals surface area contributed by atoms with Crippen LogP contribution in [0.25, 0.3) is 0 Å². The molecule has 0 bridgehead atoms. The zero-order chi connectivity index (χ0) is 10.7. The number of hydrogen-bond acceptors (Lipinski definition) is 1. The van der Waals surface area contributed by atoms with Gasteiger partial charge in [0.25, 0.3) is 0 Å². The van der Waals surface area contributed by atoms with Crippen LogP contribution in [0.2, 0.25) is 0 Å². The predicted molar refractivity (Wildman–Crippen MR) is 68.4 cm³/mol. The van der Waals surface area contributed by atoms with Crippen LogP contribution >= 0.6 is 12.2 Å². The second-order valence-electron chi connectivity index (χ2n) is 3.79. The van der Waals surface area contributed by atoms with Crippen molar-refractivity contribution in [3.05, 3.63) is 29.8 Å². The molecule has 0 radical (unpaired) electrons. The molecule has 15 heavy (non-hydrogen) atoms. The molecule has 0 saturated heterocycles. The SMILES string of the molecule is CNC(=S)N1CCCCc2ccccc21. The molecule has 0 amide bonds. The van der Waals surface area contributed by atoms with Crippen LogP contribution in [0.3, 0.4) is 0 Å². The molecule has 1 heterocycles. The monoisotopic (exact) mass is 220 g/mol. The molecule has 1 aromatic carbocycles. The van der Waals surface area contributed by atoms with Crippen molar-refractivity contribution in [2.24, 2.45) is 0 Å². The number of aryl methyl sites for hydroxylation is 1. The molecule has 2 rings (SSSR count). The van der Waals surface area contributed by atoms with E-state index < -0.39 is 0 Å². The van der Waals surface area contributed by atoms with E-state index in [1.807, 2.05) is 7.05 Å². The van der Waals surface area contributed by atoms with Gasteiger partial charge in [-0.05, 0) is 43.1 Å². The van der Waals surface area contributed by atoms with Gasteiger partial charge < -0.3 is 10.2 Å². The molecule has 1 aliphatic rings. The van der Waals surface area contributed by atoms with E-state index in [0.29, 0.717) is 0 Å². The second kappa shape index (κ2) is 4.62. The highest BCUT2D eigenvalue weighted by Gasteiger charge is 2.16. The first-order chi connectivity index (χ1) is 7.33. The van der Waals surface area contributed by atoms with Gasteiger partial charge in [-0.2, -0.15) is 0 Å². The fraction of sp³-hybridized carbons (Fsp3) is 0.417. The van der Waals surface area contributed by atoms with Crippen molar-refractivity contribution in [1.82, 2.24) is 5.32 Å². The molecular weight excluding hydrogens is 204 g/mol. The van der Waals surface area contributed by atoms with E-state index >= 15 is 0 Å². The summed E-state index contributed by atoms with van der Waals surface area (Å²) in [5.41, 5.74) is 2.68. The molecule has 1 N–H and O–H groups in total. The third kappa shape index (κ3) is 2.12. The van der Waals surface area contributed by atoms with Crippen LogP contribution in [0.4, 0.5) is 5.69 Å². The van der Waals surface area contributed by atoms with E-state index in [0.717, 1.165) is 11.7 Å². The van der Waals surface area contributed by atoms with Crippen LogP contribution in [0.1, 0.15) is 18.4 Å². The average molecular weight is 220 g/mol. The minimum absolute atomic E-state index is 0.823. The normalized spacial score (nSPS) is 15.4. The molecule has 3 heteroatoms. The Balaban J connectivity index is 2.37. The van der Waals surface area contributed by atoms with Crippen LogP contribution in [0, 0.1) is 0 Å². The Kier molecular flexibility index (Phi) is 3.21. The largest absolute Gasteiger partial charge is 0.365 e. The standard InChI is InChI=1S/C12H16N2S/c1-13-12(15)14-9-5-4-7-10-6-2-3-8-11(10)14/h2-3,6,8H,4-5,7,9H2,1H3,(H,13,15). The zero-order valence-electron chi connectivity index (χ0n) is 8.99. The summed E-state index contributed by atoms with van der Waals surface area (Å²) in [4.78, 5) is 2.21. The van der Waals surface area contributed by atoms with Crippen LogP contribution < -0.4 is 10.2 Å². The summed E-state index contributed by atoms with van der Waals surface area (Å²) in [5, 5.41) is 3.88. The number of nitrogens with zero attached hydrogens (tertiary/aromatic N) is 1. The third-order valence-corrected chi connectivity index (χ3v) is 3.24. The molecule has 0 atom stereocenters. The highest BCUT2D eigenvalue weighted by molar-refractivity contribution is 7.80. The molecule has 0 saturated carbocycles. The molecule has 0 aliphatic carbocycles. The van der Waals surface area contributed by atoms with Gasteiger partial charge in [0.15, 0.2) is 5.11 Å². The Hall–Kier alpha value is -1.09. The van der Waals surface area contributed by atoms with Crippen molar-refractivity contribution in [2.75, 3.05) is 18.5 Å². The Labute approximate surface area is 96.3 Å². The third-order valence-electron chi connectivity index (χ3n) is 2.82. The number of anilines is 1. The van der Waals surface area contributed by atoms with E-state index in [4.69, 9.17) is 12.2 Å². The number of rotatable bonds is 0. The number of nitrogens with one attached hydrogen (secondary N) is 1. The van der Waals surface area contributed by atoms with Crippen molar-refractivity contribution in [1.29, 1.82) is 0 Å². The summed E-state index contributed by atoms with van der Waals surface area (Å²) < 4.78 is 0. The number of fused-ring (bicyclic) bond motifs is 1. The van der Waals surface area contributed by atoms with Crippen LogP contribution in [0.15, 0.2) is 24.3 Å². The Morgan fingerprint density at radius 3 is 2.93 bits per heavy atom. The van der Waals surface area contributed by atoms with Gasteiger partial charge >= 0.3 is 0 Å². The van der Waals surface area contributed by atoms with Crippen molar-refractivity contribution in [3.8, 4) is 0 Å². The van der Waals surface area contributed by atoms with Gasteiger partial charge in [-0.25, -0.2) is 0 Å². The van der Waals surface area contributed by atoms with Crippen molar-refractivity contribution < 1.29 is 0 Å². The summed E-state index contributed by atoms with van der Waals surface area (Å²) in [5.74, 6) is 0. The van der Waals surface area contributed by atoms with Crippen LogP contribution in [0.5, 0.6) is 0 Å². The topological polar surface area (TPSA) is 15.3 Å². The molecule has 0 fully saturated rings. The minimum Gasteiger partial charge on any atom is -0.365 e. The number of benzene rings is 1. The zero-order valence-corrected chi connectivity index (χ0v) is 9.81. The van der Waals surface area contributed by atoms with Gasteiger partial charge in [-0.15, -0.1) is 0 Å². The fourth-order valence-corrected chi connectivity index (χ4v) is 2.23. The maximum atomic E-state index is 5.33. The number of thiocarbonyl (C=S) groups is 1. The summed E-state index contributed by atoms with van der Waals surface area (Å²) in [6.07, 6.45) is 3.62. The lowest BCUT2D eigenvalue weighted by Gasteiger charge is -2.24. The van der Waals surface area contributed by atoms with E-state index in [-0.39, 0.29) is 0 Å². The number of para-hydroxylation sites is 1. The summed E-state index contributed by atoms with van der Waals surface area (Å²) in [7, 11) is 1.88. The fourth-order valence-electron chi connectivity index (χ4n) is 2.04. The Morgan fingerprint density at radius 2 is 2.13 bits per heavy atom. The maximum Gasteiger partial charge on any atom is 0.173 e. The highest BCUT2D eigenvalue weighted by Crippen LogP contribution is 2.25. The van der Waals surface area contributed by atoms with E-state index in [1.54, 1.807) is 0 Å². The number of hydrogen-bond donors (Lipinski definition) is 1. The first kappa shape index (κ1) is 10.4. The quantitative estimate of drug-likeness (QED) is 0.676. The molecule has 80 valence electrons.